The molecule has 1 N–H and O–H groups in total. The zero-order valence-electron chi connectivity index (χ0n) is 11.4. The minimum absolute atomic E-state index is 0.435. The van der Waals surface area contributed by atoms with Crippen LogP contribution >= 0.6 is 0 Å². The van der Waals surface area contributed by atoms with Crippen molar-refractivity contribution in [2.24, 2.45) is 5.92 Å². The number of nitrogens with zero attached hydrogens (tertiary/aromatic N) is 3. The zero-order chi connectivity index (χ0) is 13.6. The lowest BCUT2D eigenvalue weighted by Gasteiger charge is -2.28. The average molecular weight is 266 g/mol. The van der Waals surface area contributed by atoms with E-state index in [4.69, 9.17) is 0 Å². The van der Waals surface area contributed by atoms with Crippen LogP contribution in [0.5, 0.6) is 0 Å². The molecular formula is C16H18N4. The van der Waals surface area contributed by atoms with Gasteiger partial charge in [0.25, 0.3) is 0 Å². The van der Waals surface area contributed by atoms with Crippen molar-refractivity contribution in [3.8, 4) is 6.07 Å². The first-order valence-electron chi connectivity index (χ1n) is 7.40. The highest BCUT2D eigenvalue weighted by Crippen LogP contribution is 2.42. The third-order valence-electron chi connectivity index (χ3n) is 4.46. The van der Waals surface area contributed by atoms with Gasteiger partial charge >= 0.3 is 0 Å². The summed E-state index contributed by atoms with van der Waals surface area (Å²) in [6.45, 7) is 0.651. The van der Waals surface area contributed by atoms with E-state index in [0.717, 1.165) is 23.7 Å². The van der Waals surface area contributed by atoms with Crippen LogP contribution in [0.4, 0.5) is 0 Å². The Morgan fingerprint density at radius 2 is 2.10 bits per heavy atom. The first-order valence-corrected chi connectivity index (χ1v) is 7.40. The second kappa shape index (κ2) is 4.32. The van der Waals surface area contributed by atoms with Gasteiger partial charge in [0, 0.05) is 11.4 Å². The molecule has 1 atom stereocenters. The van der Waals surface area contributed by atoms with Gasteiger partial charge in [-0.25, -0.2) is 0 Å². The van der Waals surface area contributed by atoms with Crippen LogP contribution in [0.25, 0.3) is 10.9 Å². The number of aromatic nitrogens is 2. The molecule has 4 rings (SSSR count). The topological polar surface area (TPSA) is 53.6 Å². The van der Waals surface area contributed by atoms with Crippen molar-refractivity contribution < 1.29 is 0 Å². The SMILES string of the molecule is N#CC(Cn1ncc2ccccc21)(NC1CC1)C1CC1. The number of fused-ring (bicyclic) bond motifs is 1. The lowest BCUT2D eigenvalue weighted by molar-refractivity contribution is 0.306. The molecule has 1 aromatic carbocycles. The Hall–Kier alpha value is -1.86. The van der Waals surface area contributed by atoms with Gasteiger partial charge < -0.3 is 0 Å². The summed E-state index contributed by atoms with van der Waals surface area (Å²) in [7, 11) is 0. The Bertz CT molecular complexity index is 675. The molecule has 0 spiro atoms. The van der Waals surface area contributed by atoms with Crippen molar-refractivity contribution >= 4 is 10.9 Å². The van der Waals surface area contributed by atoms with E-state index in [2.05, 4.69) is 28.6 Å². The van der Waals surface area contributed by atoms with E-state index in [-0.39, 0.29) is 0 Å². The van der Waals surface area contributed by atoms with E-state index < -0.39 is 5.54 Å². The van der Waals surface area contributed by atoms with Gasteiger partial charge in [0.05, 0.1) is 24.3 Å². The van der Waals surface area contributed by atoms with Gasteiger partial charge in [-0.1, -0.05) is 18.2 Å². The molecule has 2 aliphatic rings. The molecule has 1 heterocycles. The lowest BCUT2D eigenvalue weighted by atomic mass is 9.94. The van der Waals surface area contributed by atoms with Crippen molar-refractivity contribution in [3.05, 3.63) is 30.5 Å². The Morgan fingerprint density at radius 3 is 2.80 bits per heavy atom. The molecule has 2 aromatic rings. The first-order chi connectivity index (χ1) is 9.81. The Labute approximate surface area is 118 Å². The number of nitriles is 1. The molecule has 1 unspecified atom stereocenters. The van der Waals surface area contributed by atoms with Gasteiger partial charge in [0.1, 0.15) is 5.54 Å². The van der Waals surface area contributed by atoms with Crippen LogP contribution in [0.1, 0.15) is 25.7 Å². The maximum Gasteiger partial charge on any atom is 0.129 e. The van der Waals surface area contributed by atoms with Gasteiger partial charge in [-0.3, -0.25) is 10.00 Å². The minimum atomic E-state index is -0.435. The molecule has 0 radical (unpaired) electrons. The molecule has 0 amide bonds. The molecule has 2 aliphatic carbocycles. The zero-order valence-corrected chi connectivity index (χ0v) is 11.4. The fraction of sp³-hybridized carbons (Fsp3) is 0.500. The maximum absolute atomic E-state index is 9.78. The number of hydrogen-bond donors (Lipinski definition) is 1. The number of hydrogen-bond acceptors (Lipinski definition) is 3. The third kappa shape index (κ3) is 1.99. The van der Waals surface area contributed by atoms with Crippen LogP contribution in [0.3, 0.4) is 0 Å². The molecule has 0 saturated heterocycles. The second-order valence-corrected chi connectivity index (χ2v) is 6.14. The summed E-state index contributed by atoms with van der Waals surface area (Å²) in [5.74, 6) is 0.482. The number of nitrogens with one attached hydrogen (secondary N) is 1. The monoisotopic (exact) mass is 266 g/mol. The van der Waals surface area contributed by atoms with Crippen LogP contribution in [0.15, 0.2) is 30.5 Å². The molecule has 2 fully saturated rings. The number of benzene rings is 1. The van der Waals surface area contributed by atoms with Crippen LogP contribution in [0, 0.1) is 17.2 Å². The fourth-order valence-corrected chi connectivity index (χ4v) is 3.01. The van der Waals surface area contributed by atoms with Gasteiger partial charge in [0.2, 0.25) is 0 Å². The maximum atomic E-state index is 9.78. The molecule has 0 bridgehead atoms. The van der Waals surface area contributed by atoms with Crippen molar-refractivity contribution in [2.75, 3.05) is 0 Å². The van der Waals surface area contributed by atoms with Gasteiger partial charge in [-0.15, -0.1) is 0 Å². The Balaban J connectivity index is 1.68. The lowest BCUT2D eigenvalue weighted by Crippen LogP contribution is -2.50. The van der Waals surface area contributed by atoms with E-state index in [0.29, 0.717) is 18.5 Å². The van der Waals surface area contributed by atoms with Crippen molar-refractivity contribution in [1.29, 1.82) is 5.26 Å². The number of para-hydroxylation sites is 1. The molecule has 4 heteroatoms. The van der Waals surface area contributed by atoms with Crippen LogP contribution in [0.2, 0.25) is 0 Å². The van der Waals surface area contributed by atoms with Crippen molar-refractivity contribution in [2.45, 2.75) is 43.8 Å². The molecule has 1 aromatic heterocycles. The Kier molecular flexibility index (Phi) is 2.58. The second-order valence-electron chi connectivity index (χ2n) is 6.14. The van der Waals surface area contributed by atoms with Gasteiger partial charge in [-0.05, 0) is 37.7 Å². The highest BCUT2D eigenvalue weighted by molar-refractivity contribution is 5.78. The smallest absolute Gasteiger partial charge is 0.129 e. The largest absolute Gasteiger partial charge is 0.295 e. The Morgan fingerprint density at radius 1 is 1.30 bits per heavy atom. The van der Waals surface area contributed by atoms with Gasteiger partial charge in [-0.2, -0.15) is 10.4 Å². The summed E-state index contributed by atoms with van der Waals surface area (Å²) >= 11 is 0. The van der Waals surface area contributed by atoms with Crippen LogP contribution in [-0.4, -0.2) is 21.4 Å². The standard InChI is InChI=1S/C16H18N4/c17-10-16(13-5-6-13,19-14-7-8-14)11-20-15-4-2-1-3-12(15)9-18-20/h1-4,9,13-14,19H,5-8,11H2. The van der Waals surface area contributed by atoms with Crippen LogP contribution < -0.4 is 5.32 Å². The highest BCUT2D eigenvalue weighted by Gasteiger charge is 2.48. The van der Waals surface area contributed by atoms with E-state index in [1.807, 2.05) is 23.0 Å². The van der Waals surface area contributed by atoms with E-state index in [1.165, 1.54) is 12.8 Å². The first kappa shape index (κ1) is 11.9. The van der Waals surface area contributed by atoms with Gasteiger partial charge in [0.15, 0.2) is 0 Å². The average Bonchev–Trinajstić information content (AvgIpc) is 3.38. The summed E-state index contributed by atoms with van der Waals surface area (Å²) in [6.07, 6.45) is 6.62. The fourth-order valence-electron chi connectivity index (χ4n) is 3.01. The molecule has 102 valence electrons. The molecule has 0 aliphatic heterocycles. The molecule has 2 saturated carbocycles. The summed E-state index contributed by atoms with van der Waals surface area (Å²) in [6, 6.07) is 11.3. The summed E-state index contributed by atoms with van der Waals surface area (Å²) in [5, 5.41) is 19.0. The van der Waals surface area contributed by atoms with Crippen molar-refractivity contribution in [1.82, 2.24) is 15.1 Å². The predicted molar refractivity (Wildman–Crippen MR) is 77.0 cm³/mol. The van der Waals surface area contributed by atoms with E-state index in [1.54, 1.807) is 0 Å². The van der Waals surface area contributed by atoms with E-state index >= 15 is 0 Å². The number of rotatable bonds is 5. The predicted octanol–water partition coefficient (Wildman–Crippen LogP) is 2.46. The quantitative estimate of drug-likeness (QED) is 0.904. The third-order valence-corrected chi connectivity index (χ3v) is 4.46. The normalized spacial score (nSPS) is 21.6. The minimum Gasteiger partial charge on any atom is -0.295 e. The summed E-state index contributed by atoms with van der Waals surface area (Å²) in [4.78, 5) is 0. The van der Waals surface area contributed by atoms with E-state index in [9.17, 15) is 5.26 Å². The highest BCUT2D eigenvalue weighted by atomic mass is 15.3. The van der Waals surface area contributed by atoms with Crippen LogP contribution in [-0.2, 0) is 6.54 Å². The molecule has 20 heavy (non-hydrogen) atoms. The summed E-state index contributed by atoms with van der Waals surface area (Å²) < 4.78 is 1.99. The summed E-state index contributed by atoms with van der Waals surface area (Å²) in [5.41, 5.74) is 0.682. The molecular weight excluding hydrogens is 248 g/mol. The molecule has 4 nitrogen and oxygen atoms in total. The van der Waals surface area contributed by atoms with Crippen molar-refractivity contribution in [3.63, 3.8) is 0 Å².